The molecule has 2 aromatic carbocycles. The van der Waals surface area contributed by atoms with E-state index in [0.29, 0.717) is 31.1 Å². The fourth-order valence-electron chi connectivity index (χ4n) is 3.26. The fourth-order valence-corrected chi connectivity index (χ4v) is 3.26. The van der Waals surface area contributed by atoms with Crippen LogP contribution in [0.5, 0.6) is 5.75 Å². The number of ether oxygens (including phenoxy) is 3. The summed E-state index contributed by atoms with van der Waals surface area (Å²) >= 11 is 0. The van der Waals surface area contributed by atoms with Crippen molar-refractivity contribution in [3.8, 4) is 17.1 Å². The van der Waals surface area contributed by atoms with E-state index in [1.165, 1.54) is 0 Å². The number of carbonyl (C=O) groups is 2. The van der Waals surface area contributed by atoms with Crippen LogP contribution in [-0.4, -0.2) is 40.9 Å². The number of alkyl carbamates (subject to hydrolysis) is 2. The molecule has 3 rings (SSSR count). The van der Waals surface area contributed by atoms with Gasteiger partial charge in [0.25, 0.3) is 0 Å². The summed E-state index contributed by atoms with van der Waals surface area (Å²) in [7, 11) is 0. The molecule has 0 aliphatic heterocycles. The number of nitrogens with zero attached hydrogens (tertiary/aromatic N) is 2. The number of hydrogen-bond donors (Lipinski definition) is 2. The third-order valence-corrected chi connectivity index (χ3v) is 5.10. The van der Waals surface area contributed by atoms with Gasteiger partial charge in [-0.3, -0.25) is 0 Å². The van der Waals surface area contributed by atoms with Crippen LogP contribution in [0.1, 0.15) is 51.3 Å². The summed E-state index contributed by atoms with van der Waals surface area (Å²) < 4.78 is 16.1. The molecule has 1 aromatic heterocycles. The average molecular weight is 507 g/mol. The summed E-state index contributed by atoms with van der Waals surface area (Å²) in [4.78, 5) is 32.5. The van der Waals surface area contributed by atoms with E-state index in [2.05, 4.69) is 20.6 Å². The number of amides is 2. The lowest BCUT2D eigenvalue weighted by Gasteiger charge is -2.22. The van der Waals surface area contributed by atoms with E-state index in [0.717, 1.165) is 16.7 Å². The van der Waals surface area contributed by atoms with Gasteiger partial charge in [0.15, 0.2) is 11.6 Å². The van der Waals surface area contributed by atoms with Crippen molar-refractivity contribution in [2.75, 3.05) is 13.2 Å². The molecule has 2 amide bonds. The zero-order valence-corrected chi connectivity index (χ0v) is 21.7. The van der Waals surface area contributed by atoms with Gasteiger partial charge in [0.2, 0.25) is 0 Å². The number of hydrogen-bond acceptors (Lipinski definition) is 7. The average Bonchev–Trinajstić information content (AvgIpc) is 2.87. The van der Waals surface area contributed by atoms with Crippen LogP contribution in [0.25, 0.3) is 11.4 Å². The topological polar surface area (TPSA) is 112 Å². The van der Waals surface area contributed by atoms with Crippen molar-refractivity contribution in [2.45, 2.75) is 52.4 Å². The molecule has 1 atom stereocenters. The first-order chi connectivity index (χ1) is 17.7. The second-order valence-corrected chi connectivity index (χ2v) is 9.42. The third kappa shape index (κ3) is 9.79. The van der Waals surface area contributed by atoms with E-state index < -0.39 is 17.8 Å². The van der Waals surface area contributed by atoms with Crippen molar-refractivity contribution in [3.05, 3.63) is 78.1 Å². The molecular formula is C28H34N4O5. The van der Waals surface area contributed by atoms with Gasteiger partial charge >= 0.3 is 12.2 Å². The molecule has 0 spiro atoms. The summed E-state index contributed by atoms with van der Waals surface area (Å²) in [6.45, 7) is 8.44. The molecule has 0 saturated heterocycles. The zero-order valence-electron chi connectivity index (χ0n) is 21.7. The Balaban J connectivity index is 1.37. The predicted molar refractivity (Wildman–Crippen MR) is 140 cm³/mol. The molecule has 0 saturated carbocycles. The van der Waals surface area contributed by atoms with Crippen molar-refractivity contribution in [2.24, 2.45) is 0 Å². The highest BCUT2D eigenvalue weighted by molar-refractivity contribution is 5.68. The Morgan fingerprint density at radius 1 is 0.946 bits per heavy atom. The fraction of sp³-hybridized carbons (Fsp3) is 0.357. The Labute approximate surface area is 217 Å². The smallest absolute Gasteiger partial charge is 0.408 e. The van der Waals surface area contributed by atoms with Crippen molar-refractivity contribution < 1.29 is 23.8 Å². The summed E-state index contributed by atoms with van der Waals surface area (Å²) in [6, 6.07) is 16.9. The highest BCUT2D eigenvalue weighted by Crippen LogP contribution is 2.21. The molecular weight excluding hydrogens is 472 g/mol. The molecule has 3 aromatic rings. The Bertz CT molecular complexity index is 1130. The van der Waals surface area contributed by atoms with E-state index in [-0.39, 0.29) is 12.6 Å². The molecule has 9 heteroatoms. The van der Waals surface area contributed by atoms with Crippen LogP contribution in [0, 0.1) is 0 Å². The monoisotopic (exact) mass is 506 g/mol. The van der Waals surface area contributed by atoms with Gasteiger partial charge in [-0.2, -0.15) is 0 Å². The second kappa shape index (κ2) is 13.2. The molecule has 0 radical (unpaired) electrons. The molecule has 196 valence electrons. The zero-order chi connectivity index (χ0) is 26.7. The van der Waals surface area contributed by atoms with Crippen LogP contribution in [0.4, 0.5) is 9.59 Å². The molecule has 37 heavy (non-hydrogen) atoms. The molecule has 9 nitrogen and oxygen atoms in total. The summed E-state index contributed by atoms with van der Waals surface area (Å²) in [5, 5.41) is 5.53. The minimum absolute atomic E-state index is 0.208. The molecule has 0 aliphatic rings. The molecule has 0 aliphatic carbocycles. The molecule has 0 fully saturated rings. The lowest BCUT2D eigenvalue weighted by Crippen LogP contribution is -2.34. The lowest BCUT2D eigenvalue weighted by molar-refractivity contribution is 0.0508. The minimum Gasteiger partial charge on any atom is -0.490 e. The number of nitrogens with one attached hydrogen (secondary N) is 2. The Morgan fingerprint density at radius 3 is 2.27 bits per heavy atom. The standard InChI is InChI=1S/C28H34N4O5/c1-20(32-27(34)37-28(2,3)4)22-11-13-23(14-12-22)25-30-17-24(18-31-25)35-16-8-15-29-26(33)36-19-21-9-6-5-7-10-21/h5-7,9-14,17-18,20H,8,15-16,19H2,1-4H3,(H,29,33)(H,32,34)/t20-/m0/s1. The van der Waals surface area contributed by atoms with E-state index in [1.54, 1.807) is 12.4 Å². The van der Waals surface area contributed by atoms with Gasteiger partial charge in [0, 0.05) is 12.1 Å². The van der Waals surface area contributed by atoms with Crippen LogP contribution in [0.2, 0.25) is 0 Å². The maximum atomic E-state index is 12.0. The Hall–Kier alpha value is -4.14. The molecule has 0 bridgehead atoms. The minimum atomic E-state index is -0.547. The van der Waals surface area contributed by atoms with Gasteiger partial charge in [-0.25, -0.2) is 19.6 Å². The largest absolute Gasteiger partial charge is 0.490 e. The first-order valence-electron chi connectivity index (χ1n) is 12.2. The summed E-state index contributed by atoms with van der Waals surface area (Å²) in [5.74, 6) is 1.11. The van der Waals surface area contributed by atoms with E-state index >= 15 is 0 Å². The third-order valence-electron chi connectivity index (χ3n) is 5.10. The van der Waals surface area contributed by atoms with Crippen LogP contribution in [0.15, 0.2) is 67.0 Å². The lowest BCUT2D eigenvalue weighted by atomic mass is 10.1. The summed E-state index contributed by atoms with van der Waals surface area (Å²) in [5.41, 5.74) is 2.17. The van der Waals surface area contributed by atoms with Crippen molar-refractivity contribution in [1.29, 1.82) is 0 Å². The molecule has 0 unspecified atom stereocenters. The van der Waals surface area contributed by atoms with Crippen LogP contribution >= 0.6 is 0 Å². The van der Waals surface area contributed by atoms with E-state index in [9.17, 15) is 9.59 Å². The van der Waals surface area contributed by atoms with Crippen molar-refractivity contribution in [3.63, 3.8) is 0 Å². The highest BCUT2D eigenvalue weighted by atomic mass is 16.6. The quantitative estimate of drug-likeness (QED) is 0.353. The molecule has 1 heterocycles. The highest BCUT2D eigenvalue weighted by Gasteiger charge is 2.18. The van der Waals surface area contributed by atoms with Crippen molar-refractivity contribution in [1.82, 2.24) is 20.6 Å². The summed E-state index contributed by atoms with van der Waals surface area (Å²) in [6.07, 6.45) is 2.92. The van der Waals surface area contributed by atoms with Gasteiger partial charge in [-0.15, -0.1) is 0 Å². The van der Waals surface area contributed by atoms with Gasteiger partial charge in [-0.1, -0.05) is 54.6 Å². The van der Waals surface area contributed by atoms with Crippen molar-refractivity contribution >= 4 is 12.2 Å². The number of carbonyl (C=O) groups excluding carboxylic acids is 2. The first kappa shape index (κ1) is 27.4. The second-order valence-electron chi connectivity index (χ2n) is 9.42. The van der Waals surface area contributed by atoms with Crippen LogP contribution < -0.4 is 15.4 Å². The van der Waals surface area contributed by atoms with Crippen LogP contribution in [0.3, 0.4) is 0 Å². The number of benzene rings is 2. The maximum absolute atomic E-state index is 12.0. The first-order valence-corrected chi connectivity index (χ1v) is 12.2. The van der Waals surface area contributed by atoms with Gasteiger partial charge in [0.1, 0.15) is 12.2 Å². The van der Waals surface area contributed by atoms with Crippen LogP contribution in [-0.2, 0) is 16.1 Å². The Morgan fingerprint density at radius 2 is 1.62 bits per heavy atom. The maximum Gasteiger partial charge on any atom is 0.408 e. The Kier molecular flexibility index (Phi) is 9.83. The van der Waals surface area contributed by atoms with Gasteiger partial charge in [0.05, 0.1) is 25.0 Å². The van der Waals surface area contributed by atoms with E-state index in [1.807, 2.05) is 82.3 Å². The number of rotatable bonds is 10. The predicted octanol–water partition coefficient (Wildman–Crippen LogP) is 5.42. The normalized spacial score (nSPS) is 11.8. The van der Waals surface area contributed by atoms with Gasteiger partial charge in [-0.05, 0) is 45.2 Å². The van der Waals surface area contributed by atoms with E-state index in [4.69, 9.17) is 14.2 Å². The number of aromatic nitrogens is 2. The molecule has 2 N–H and O–H groups in total. The van der Waals surface area contributed by atoms with Gasteiger partial charge < -0.3 is 24.8 Å². The SMILES string of the molecule is C[C@H](NC(=O)OC(C)(C)C)c1ccc(-c2ncc(OCCCNC(=O)OCc3ccccc3)cn2)cc1.